The first-order valence-electron chi connectivity index (χ1n) is 10.4. The lowest BCUT2D eigenvalue weighted by atomic mass is 10.1. The summed E-state index contributed by atoms with van der Waals surface area (Å²) in [6.07, 6.45) is 7.92. The summed E-state index contributed by atoms with van der Waals surface area (Å²) in [5, 5.41) is 7.06. The van der Waals surface area contributed by atoms with Crippen molar-refractivity contribution in [1.29, 1.82) is 0 Å². The van der Waals surface area contributed by atoms with Gasteiger partial charge in [-0.1, -0.05) is 31.0 Å². The summed E-state index contributed by atoms with van der Waals surface area (Å²) < 4.78 is 6.02. The highest BCUT2D eigenvalue weighted by atomic mass is 16.5. The van der Waals surface area contributed by atoms with Crippen molar-refractivity contribution in [2.75, 3.05) is 26.2 Å². The summed E-state index contributed by atoms with van der Waals surface area (Å²) >= 11 is 0. The van der Waals surface area contributed by atoms with Gasteiger partial charge in [-0.25, -0.2) is 4.99 Å². The Morgan fingerprint density at radius 3 is 2.88 bits per heavy atom. The van der Waals surface area contributed by atoms with Gasteiger partial charge in [0.05, 0.1) is 6.54 Å². The van der Waals surface area contributed by atoms with E-state index in [1.165, 1.54) is 44.2 Å². The van der Waals surface area contributed by atoms with Crippen LogP contribution in [0.15, 0.2) is 29.3 Å². The lowest BCUT2D eigenvalue weighted by Crippen LogP contribution is -2.45. The molecule has 2 N–H and O–H groups in total. The molecule has 1 aromatic carbocycles. The summed E-state index contributed by atoms with van der Waals surface area (Å²) in [7, 11) is 0. The second kappa shape index (κ2) is 8.30. The first-order valence-corrected chi connectivity index (χ1v) is 10.4. The smallest absolute Gasteiger partial charge is 0.191 e. The number of ether oxygens (including phenoxy) is 1. The van der Waals surface area contributed by atoms with Crippen LogP contribution in [-0.2, 0) is 6.42 Å². The molecule has 1 aromatic rings. The number of fused-ring (bicyclic) bond motifs is 1. The van der Waals surface area contributed by atoms with E-state index in [-0.39, 0.29) is 6.10 Å². The molecule has 4 rings (SSSR count). The Bertz CT molecular complexity index is 601. The average Bonchev–Trinajstić information content (AvgIpc) is 3.39. The number of rotatable bonds is 5. The van der Waals surface area contributed by atoms with E-state index in [0.29, 0.717) is 12.6 Å². The van der Waals surface area contributed by atoms with Crippen molar-refractivity contribution < 1.29 is 4.74 Å². The molecule has 5 nitrogen and oxygen atoms in total. The molecule has 0 amide bonds. The second-order valence-corrected chi connectivity index (χ2v) is 7.83. The van der Waals surface area contributed by atoms with Gasteiger partial charge in [0.15, 0.2) is 5.96 Å². The molecule has 2 aliphatic heterocycles. The van der Waals surface area contributed by atoms with E-state index in [0.717, 1.165) is 37.3 Å². The van der Waals surface area contributed by atoms with Crippen molar-refractivity contribution in [2.45, 2.75) is 63.6 Å². The Labute approximate surface area is 157 Å². The Morgan fingerprint density at radius 2 is 2.08 bits per heavy atom. The highest BCUT2D eigenvalue weighted by Crippen LogP contribution is 2.28. The Hall–Kier alpha value is -1.75. The van der Waals surface area contributed by atoms with Crippen molar-refractivity contribution in [1.82, 2.24) is 15.5 Å². The number of nitrogens with zero attached hydrogens (tertiary/aromatic N) is 2. The first-order chi connectivity index (χ1) is 12.8. The van der Waals surface area contributed by atoms with E-state index >= 15 is 0 Å². The Morgan fingerprint density at radius 1 is 1.23 bits per heavy atom. The van der Waals surface area contributed by atoms with E-state index < -0.39 is 0 Å². The molecular formula is C21H32N4O. The maximum absolute atomic E-state index is 6.02. The predicted octanol–water partition coefficient (Wildman–Crippen LogP) is 2.56. The molecule has 0 bridgehead atoms. The maximum atomic E-state index is 6.02. The highest BCUT2D eigenvalue weighted by molar-refractivity contribution is 5.80. The van der Waals surface area contributed by atoms with Crippen LogP contribution < -0.4 is 15.4 Å². The zero-order valence-electron chi connectivity index (χ0n) is 15.9. The van der Waals surface area contributed by atoms with E-state index in [9.17, 15) is 0 Å². The zero-order chi connectivity index (χ0) is 17.8. The maximum Gasteiger partial charge on any atom is 0.191 e. The molecule has 2 unspecified atom stereocenters. The fourth-order valence-electron chi connectivity index (χ4n) is 4.57. The summed E-state index contributed by atoms with van der Waals surface area (Å²) in [6.45, 7) is 6.08. The minimum absolute atomic E-state index is 0.154. The molecule has 1 saturated heterocycles. The average molecular weight is 357 g/mol. The van der Waals surface area contributed by atoms with Crippen molar-refractivity contribution in [3.8, 4) is 5.75 Å². The van der Waals surface area contributed by atoms with E-state index in [1.807, 2.05) is 6.07 Å². The molecule has 3 aliphatic rings. The molecule has 0 aromatic heterocycles. The van der Waals surface area contributed by atoms with Crippen molar-refractivity contribution in [2.24, 2.45) is 4.99 Å². The molecule has 2 heterocycles. The Kier molecular flexibility index (Phi) is 5.63. The fraction of sp³-hybridized carbons (Fsp3) is 0.667. The van der Waals surface area contributed by atoms with Crippen LogP contribution in [0.4, 0.5) is 0 Å². The van der Waals surface area contributed by atoms with Gasteiger partial charge in [0.1, 0.15) is 11.9 Å². The van der Waals surface area contributed by atoms with Crippen LogP contribution in [-0.4, -0.2) is 55.2 Å². The van der Waals surface area contributed by atoms with Crippen LogP contribution in [0.1, 0.15) is 44.6 Å². The SMILES string of the molecule is CCNC(=NCC1Cc2ccccc2O1)NC1CCN(C2CCCC2)C1. The van der Waals surface area contributed by atoms with Crippen molar-refractivity contribution in [3.63, 3.8) is 0 Å². The second-order valence-electron chi connectivity index (χ2n) is 7.83. The number of hydrogen-bond donors (Lipinski definition) is 2. The molecule has 1 aliphatic carbocycles. The van der Waals surface area contributed by atoms with Crippen molar-refractivity contribution in [3.05, 3.63) is 29.8 Å². The lowest BCUT2D eigenvalue weighted by molar-refractivity contribution is 0.240. The van der Waals surface area contributed by atoms with Gasteiger partial charge in [0.25, 0.3) is 0 Å². The molecule has 2 fully saturated rings. The number of benzene rings is 1. The van der Waals surface area contributed by atoms with Crippen molar-refractivity contribution >= 4 is 5.96 Å². The quantitative estimate of drug-likeness (QED) is 0.629. The third-order valence-electron chi connectivity index (χ3n) is 5.91. The molecule has 1 saturated carbocycles. The highest BCUT2D eigenvalue weighted by Gasteiger charge is 2.30. The van der Waals surface area contributed by atoms with Gasteiger partial charge in [-0.05, 0) is 37.8 Å². The van der Waals surface area contributed by atoms with E-state index in [2.05, 4.69) is 40.7 Å². The Balaban J connectivity index is 1.29. The number of hydrogen-bond acceptors (Lipinski definition) is 3. The first kappa shape index (κ1) is 17.7. The molecule has 0 radical (unpaired) electrons. The standard InChI is InChI=1S/C21H32N4O/c1-2-22-21(23-14-19-13-16-7-3-6-10-20(16)26-19)24-17-11-12-25(15-17)18-8-4-5-9-18/h3,6-7,10,17-19H,2,4-5,8-9,11-15H2,1H3,(H2,22,23,24). The third kappa shape index (κ3) is 4.14. The van der Waals surface area contributed by atoms with Crippen LogP contribution in [0.2, 0.25) is 0 Å². The predicted molar refractivity (Wildman–Crippen MR) is 106 cm³/mol. The number of likely N-dealkylation sites (tertiary alicyclic amines) is 1. The van der Waals surface area contributed by atoms with Gasteiger partial charge >= 0.3 is 0 Å². The van der Waals surface area contributed by atoms with Gasteiger partial charge in [-0.15, -0.1) is 0 Å². The molecule has 0 spiro atoms. The van der Waals surface area contributed by atoms with Crippen LogP contribution >= 0.6 is 0 Å². The minimum atomic E-state index is 0.154. The van der Waals surface area contributed by atoms with Crippen LogP contribution in [0.3, 0.4) is 0 Å². The van der Waals surface area contributed by atoms with Crippen LogP contribution in [0.25, 0.3) is 0 Å². The summed E-state index contributed by atoms with van der Waals surface area (Å²) in [5.41, 5.74) is 1.30. The van der Waals surface area contributed by atoms with Gasteiger partial charge in [0, 0.05) is 38.1 Å². The molecular weight excluding hydrogens is 324 g/mol. The largest absolute Gasteiger partial charge is 0.488 e. The number of para-hydroxylation sites is 1. The third-order valence-corrected chi connectivity index (χ3v) is 5.91. The topological polar surface area (TPSA) is 48.9 Å². The number of nitrogens with one attached hydrogen (secondary N) is 2. The van der Waals surface area contributed by atoms with Crippen LogP contribution in [0.5, 0.6) is 5.75 Å². The fourth-order valence-corrected chi connectivity index (χ4v) is 4.57. The zero-order valence-corrected chi connectivity index (χ0v) is 15.9. The molecule has 26 heavy (non-hydrogen) atoms. The molecule has 2 atom stereocenters. The van der Waals surface area contributed by atoms with Gasteiger partial charge < -0.3 is 15.4 Å². The number of guanidine groups is 1. The van der Waals surface area contributed by atoms with E-state index in [1.54, 1.807) is 0 Å². The van der Waals surface area contributed by atoms with Gasteiger partial charge in [-0.3, -0.25) is 4.90 Å². The summed E-state index contributed by atoms with van der Waals surface area (Å²) in [4.78, 5) is 7.50. The number of aliphatic imine (C=N–C) groups is 1. The summed E-state index contributed by atoms with van der Waals surface area (Å²) in [5.74, 6) is 1.96. The normalized spacial score (nSPS) is 26.7. The summed E-state index contributed by atoms with van der Waals surface area (Å²) in [6, 6.07) is 9.65. The lowest BCUT2D eigenvalue weighted by Gasteiger charge is -2.24. The molecule has 5 heteroatoms. The van der Waals surface area contributed by atoms with E-state index in [4.69, 9.17) is 9.73 Å². The molecule has 142 valence electrons. The monoisotopic (exact) mass is 356 g/mol. The minimum Gasteiger partial charge on any atom is -0.488 e. The van der Waals surface area contributed by atoms with Gasteiger partial charge in [0.2, 0.25) is 0 Å². The van der Waals surface area contributed by atoms with Gasteiger partial charge in [-0.2, -0.15) is 0 Å². The van der Waals surface area contributed by atoms with Crippen LogP contribution in [0, 0.1) is 0 Å².